The topological polar surface area (TPSA) is 29.4 Å². The van der Waals surface area contributed by atoms with Gasteiger partial charge in [-0.05, 0) is 36.8 Å². The number of halogens is 3. The molecule has 0 saturated heterocycles. The zero-order chi connectivity index (χ0) is 15.5. The molecule has 21 heavy (non-hydrogen) atoms. The maximum absolute atomic E-state index is 12.4. The number of aryl methyl sites for hydroxylation is 1. The lowest BCUT2D eigenvalue weighted by Crippen LogP contribution is -2.04. The molecule has 0 aromatic heterocycles. The molecule has 2 rings (SSSR count). The van der Waals surface area contributed by atoms with Crippen molar-refractivity contribution in [3.8, 4) is 0 Å². The number of hydrogen-bond acceptors (Lipinski definition) is 1. The highest BCUT2D eigenvalue weighted by atomic mass is 32.2. The Morgan fingerprint density at radius 1 is 1.00 bits per heavy atom. The van der Waals surface area contributed by atoms with Crippen molar-refractivity contribution in [1.82, 2.24) is 0 Å². The molecule has 0 amide bonds. The zero-order valence-electron chi connectivity index (χ0n) is 11.1. The lowest BCUT2D eigenvalue weighted by Gasteiger charge is -2.05. The molecule has 1 atom stereocenters. The Labute approximate surface area is 122 Å². The molecule has 0 N–H and O–H groups in total. The van der Waals surface area contributed by atoms with Crippen LogP contribution < -0.4 is 0 Å². The van der Waals surface area contributed by atoms with E-state index in [0.717, 1.165) is 17.7 Å². The number of rotatable bonds is 3. The molecule has 0 spiro atoms. The number of alkyl halides is 3. The average molecular weight is 311 g/mol. The molecule has 0 aliphatic heterocycles. The fraction of sp³-hybridized carbons (Fsp3) is 0.133. The minimum Gasteiger partial charge on any atom is -0.229 e. The van der Waals surface area contributed by atoms with Crippen molar-refractivity contribution in [2.75, 3.05) is 0 Å². The summed E-state index contributed by atoms with van der Waals surface area (Å²) >= 11 is 0. The summed E-state index contributed by atoms with van der Waals surface area (Å²) in [6.07, 6.45) is -3.06. The normalized spacial score (nSPS) is 13.5. The highest BCUT2D eigenvalue weighted by Crippen LogP contribution is 2.28. The first-order valence-corrected chi connectivity index (χ1v) is 7.17. The standard InChI is InChI=1S/C15H12F3NOS/c1-11-2-8-14(9-3-11)21(20)19-10-12-4-6-13(7-5-12)15(16,17)18/h2-10H,1H3/b19-10+. The Hall–Kier alpha value is -1.95. The van der Waals surface area contributed by atoms with Crippen LogP contribution in [0.15, 0.2) is 57.8 Å². The summed E-state index contributed by atoms with van der Waals surface area (Å²) in [5.74, 6) is 0. The van der Waals surface area contributed by atoms with Gasteiger partial charge in [0.2, 0.25) is 0 Å². The molecule has 0 aliphatic rings. The van der Waals surface area contributed by atoms with Gasteiger partial charge in [-0.15, -0.1) is 0 Å². The van der Waals surface area contributed by atoms with E-state index in [2.05, 4.69) is 4.40 Å². The molecular weight excluding hydrogens is 299 g/mol. The second-order valence-corrected chi connectivity index (χ2v) is 5.60. The molecule has 2 aromatic carbocycles. The van der Waals surface area contributed by atoms with E-state index < -0.39 is 22.7 Å². The van der Waals surface area contributed by atoms with Crippen LogP contribution in [0.2, 0.25) is 0 Å². The van der Waals surface area contributed by atoms with Crippen molar-refractivity contribution in [3.63, 3.8) is 0 Å². The minimum absolute atomic E-state index is 0.462. The second-order valence-electron chi connectivity index (χ2n) is 4.42. The van der Waals surface area contributed by atoms with Gasteiger partial charge in [-0.2, -0.15) is 17.6 Å². The molecule has 0 bridgehead atoms. The quantitative estimate of drug-likeness (QED) is 0.783. The van der Waals surface area contributed by atoms with Crippen LogP contribution in [0.3, 0.4) is 0 Å². The molecule has 110 valence electrons. The first kappa shape index (κ1) is 15.4. The van der Waals surface area contributed by atoms with Crippen molar-refractivity contribution < 1.29 is 17.4 Å². The van der Waals surface area contributed by atoms with E-state index in [-0.39, 0.29) is 0 Å². The van der Waals surface area contributed by atoms with Gasteiger partial charge in [0.05, 0.1) is 10.5 Å². The number of hydrogen-bond donors (Lipinski definition) is 0. The Morgan fingerprint density at radius 2 is 1.57 bits per heavy atom. The van der Waals surface area contributed by atoms with Crippen molar-refractivity contribution >= 4 is 17.2 Å². The van der Waals surface area contributed by atoms with Crippen LogP contribution in [0.1, 0.15) is 16.7 Å². The first-order chi connectivity index (χ1) is 9.86. The summed E-state index contributed by atoms with van der Waals surface area (Å²) < 4.78 is 53.0. The molecule has 0 radical (unpaired) electrons. The van der Waals surface area contributed by atoms with Crippen LogP contribution in [0.5, 0.6) is 0 Å². The van der Waals surface area contributed by atoms with E-state index in [1.165, 1.54) is 18.3 Å². The fourth-order valence-electron chi connectivity index (χ4n) is 1.58. The molecular formula is C15H12F3NOS. The third-order valence-electron chi connectivity index (χ3n) is 2.76. The van der Waals surface area contributed by atoms with E-state index in [4.69, 9.17) is 0 Å². The van der Waals surface area contributed by atoms with E-state index in [9.17, 15) is 17.4 Å². The van der Waals surface area contributed by atoms with E-state index in [1.807, 2.05) is 19.1 Å². The van der Waals surface area contributed by atoms with Gasteiger partial charge in [-0.3, -0.25) is 0 Å². The third-order valence-corrected chi connectivity index (χ3v) is 3.73. The third kappa shape index (κ3) is 4.26. The van der Waals surface area contributed by atoms with Crippen molar-refractivity contribution in [2.45, 2.75) is 18.0 Å². The maximum Gasteiger partial charge on any atom is 0.416 e. The molecule has 2 nitrogen and oxygen atoms in total. The van der Waals surface area contributed by atoms with Crippen molar-refractivity contribution in [1.29, 1.82) is 0 Å². The Balaban J connectivity index is 2.10. The molecule has 6 heteroatoms. The van der Waals surface area contributed by atoms with Gasteiger partial charge < -0.3 is 0 Å². The van der Waals surface area contributed by atoms with Crippen LogP contribution in [-0.4, -0.2) is 10.4 Å². The summed E-state index contributed by atoms with van der Waals surface area (Å²) in [5.41, 5.74) is 0.783. The summed E-state index contributed by atoms with van der Waals surface area (Å²) in [4.78, 5) is 0.545. The van der Waals surface area contributed by atoms with Gasteiger partial charge in [0.1, 0.15) is 0 Å². The fourth-order valence-corrected chi connectivity index (χ4v) is 2.29. The lowest BCUT2D eigenvalue weighted by molar-refractivity contribution is -0.137. The van der Waals surface area contributed by atoms with Crippen molar-refractivity contribution in [2.24, 2.45) is 4.40 Å². The highest BCUT2D eigenvalue weighted by Gasteiger charge is 2.29. The smallest absolute Gasteiger partial charge is 0.229 e. The molecule has 0 fully saturated rings. The molecule has 1 unspecified atom stereocenters. The van der Waals surface area contributed by atoms with Crippen LogP contribution in [-0.2, 0) is 17.2 Å². The zero-order valence-corrected chi connectivity index (χ0v) is 11.9. The monoisotopic (exact) mass is 311 g/mol. The van der Waals surface area contributed by atoms with Gasteiger partial charge in [-0.25, -0.2) is 4.21 Å². The van der Waals surface area contributed by atoms with Crippen molar-refractivity contribution in [3.05, 3.63) is 65.2 Å². The van der Waals surface area contributed by atoms with Gasteiger partial charge in [-0.1, -0.05) is 29.8 Å². The predicted molar refractivity (Wildman–Crippen MR) is 76.6 cm³/mol. The van der Waals surface area contributed by atoms with Crippen LogP contribution >= 0.6 is 0 Å². The predicted octanol–water partition coefficient (Wildman–Crippen LogP) is 4.16. The van der Waals surface area contributed by atoms with Crippen LogP contribution in [0.4, 0.5) is 13.2 Å². The van der Waals surface area contributed by atoms with Crippen LogP contribution in [0, 0.1) is 6.92 Å². The first-order valence-electron chi connectivity index (χ1n) is 6.06. The molecule has 0 aliphatic carbocycles. The Morgan fingerprint density at radius 3 is 2.10 bits per heavy atom. The van der Waals surface area contributed by atoms with E-state index in [0.29, 0.717) is 10.5 Å². The Bertz CT molecular complexity index is 661. The van der Waals surface area contributed by atoms with Crippen LogP contribution in [0.25, 0.3) is 0 Å². The lowest BCUT2D eigenvalue weighted by atomic mass is 10.1. The molecule has 0 saturated carbocycles. The van der Waals surface area contributed by atoms with Gasteiger partial charge >= 0.3 is 6.18 Å². The number of nitrogens with zero attached hydrogens (tertiary/aromatic N) is 1. The summed E-state index contributed by atoms with van der Waals surface area (Å²) in [6, 6.07) is 11.6. The summed E-state index contributed by atoms with van der Waals surface area (Å²) in [7, 11) is -1.57. The van der Waals surface area contributed by atoms with E-state index >= 15 is 0 Å². The Kier molecular flexibility index (Phi) is 4.57. The SMILES string of the molecule is Cc1ccc(S(=O)/N=C/c2ccc(C(F)(F)F)cc2)cc1. The maximum atomic E-state index is 12.4. The van der Waals surface area contributed by atoms with Gasteiger partial charge in [0.15, 0.2) is 11.0 Å². The van der Waals surface area contributed by atoms with E-state index in [1.54, 1.807) is 12.1 Å². The van der Waals surface area contributed by atoms with Gasteiger partial charge in [0, 0.05) is 6.21 Å². The minimum atomic E-state index is -4.36. The molecule has 2 aromatic rings. The summed E-state index contributed by atoms with van der Waals surface area (Å²) in [5, 5.41) is 0. The van der Waals surface area contributed by atoms with Gasteiger partial charge in [0.25, 0.3) is 0 Å². The largest absolute Gasteiger partial charge is 0.416 e. The summed E-state index contributed by atoms with van der Waals surface area (Å²) in [6.45, 7) is 1.91. The molecule has 0 heterocycles. The second kappa shape index (κ2) is 6.22. The average Bonchev–Trinajstić information content (AvgIpc) is 2.45. The number of benzene rings is 2. The highest BCUT2D eigenvalue weighted by molar-refractivity contribution is 7.83.